The van der Waals surface area contributed by atoms with Gasteiger partial charge < -0.3 is 4.74 Å². The van der Waals surface area contributed by atoms with Gasteiger partial charge in [-0.05, 0) is 64.2 Å². The maximum Gasteiger partial charge on any atom is 0.316 e. The summed E-state index contributed by atoms with van der Waals surface area (Å²) in [6.45, 7) is 0. The molecule has 0 heterocycles. The van der Waals surface area contributed by atoms with Gasteiger partial charge >= 0.3 is 11.9 Å². The number of esters is 2. The van der Waals surface area contributed by atoms with Crippen LogP contribution in [0.25, 0.3) is 0 Å². The van der Waals surface area contributed by atoms with Crippen LogP contribution in [0.5, 0.6) is 0 Å². The first-order chi connectivity index (χ1) is 10.3. The minimum atomic E-state index is -0.298. The molecule has 2 rings (SSSR count). The van der Waals surface area contributed by atoms with Crippen molar-refractivity contribution in [3.63, 3.8) is 0 Å². The third-order valence-electron chi connectivity index (χ3n) is 4.41. The fraction of sp³-hybridized carbons (Fsp3) is 0.667. The van der Waals surface area contributed by atoms with E-state index in [0.717, 1.165) is 64.2 Å². The SMILES string of the molecule is O=C(OC(=O)C1CC/C=C\CCC1)C1CC/C=C\CCC1. The van der Waals surface area contributed by atoms with Crippen molar-refractivity contribution in [2.45, 2.75) is 64.2 Å². The molecular formula is C18H26O3. The van der Waals surface area contributed by atoms with Crippen LogP contribution >= 0.6 is 0 Å². The first-order valence-electron chi connectivity index (χ1n) is 8.33. The van der Waals surface area contributed by atoms with Crippen LogP contribution in [0.1, 0.15) is 64.2 Å². The van der Waals surface area contributed by atoms with Gasteiger partial charge in [-0.2, -0.15) is 0 Å². The number of rotatable bonds is 2. The van der Waals surface area contributed by atoms with E-state index in [-0.39, 0.29) is 23.8 Å². The van der Waals surface area contributed by atoms with Gasteiger partial charge in [0.2, 0.25) is 0 Å². The van der Waals surface area contributed by atoms with Gasteiger partial charge in [0.25, 0.3) is 0 Å². The molecule has 0 radical (unpaired) electrons. The van der Waals surface area contributed by atoms with Crippen molar-refractivity contribution in [1.82, 2.24) is 0 Å². The topological polar surface area (TPSA) is 43.4 Å². The fourth-order valence-electron chi connectivity index (χ4n) is 3.06. The summed E-state index contributed by atoms with van der Waals surface area (Å²) in [6, 6.07) is 0. The van der Waals surface area contributed by atoms with Gasteiger partial charge in [-0.15, -0.1) is 0 Å². The lowest BCUT2D eigenvalue weighted by atomic mass is 9.93. The van der Waals surface area contributed by atoms with E-state index in [4.69, 9.17) is 4.74 Å². The molecular weight excluding hydrogens is 264 g/mol. The van der Waals surface area contributed by atoms with Crippen molar-refractivity contribution in [1.29, 1.82) is 0 Å². The van der Waals surface area contributed by atoms with Gasteiger partial charge in [0.1, 0.15) is 0 Å². The molecule has 0 saturated heterocycles. The number of hydrogen-bond acceptors (Lipinski definition) is 3. The summed E-state index contributed by atoms with van der Waals surface area (Å²) >= 11 is 0. The molecule has 0 spiro atoms. The van der Waals surface area contributed by atoms with Crippen molar-refractivity contribution in [2.24, 2.45) is 11.8 Å². The molecule has 2 unspecified atom stereocenters. The second-order valence-electron chi connectivity index (χ2n) is 6.09. The van der Waals surface area contributed by atoms with Crippen LogP contribution in [0.3, 0.4) is 0 Å². The summed E-state index contributed by atoms with van der Waals surface area (Å²) < 4.78 is 5.20. The highest BCUT2D eigenvalue weighted by atomic mass is 16.6. The highest BCUT2D eigenvalue weighted by Gasteiger charge is 2.26. The second kappa shape index (κ2) is 8.81. The van der Waals surface area contributed by atoms with Crippen molar-refractivity contribution >= 4 is 11.9 Å². The molecule has 2 aliphatic rings. The van der Waals surface area contributed by atoms with Crippen molar-refractivity contribution < 1.29 is 14.3 Å². The molecule has 2 atom stereocenters. The number of hydrogen-bond donors (Lipinski definition) is 0. The van der Waals surface area contributed by atoms with E-state index < -0.39 is 0 Å². The quantitative estimate of drug-likeness (QED) is 0.432. The minimum Gasteiger partial charge on any atom is -0.393 e. The molecule has 0 aliphatic heterocycles. The lowest BCUT2D eigenvalue weighted by Gasteiger charge is -2.19. The second-order valence-corrected chi connectivity index (χ2v) is 6.09. The average Bonchev–Trinajstić information content (AvgIpc) is 2.37. The van der Waals surface area contributed by atoms with Crippen LogP contribution in [-0.4, -0.2) is 11.9 Å². The third-order valence-corrected chi connectivity index (χ3v) is 4.41. The molecule has 0 bridgehead atoms. The Bertz CT molecular complexity index is 371. The van der Waals surface area contributed by atoms with Gasteiger partial charge in [-0.25, -0.2) is 0 Å². The van der Waals surface area contributed by atoms with E-state index in [1.807, 2.05) is 0 Å². The zero-order valence-electron chi connectivity index (χ0n) is 12.8. The Balaban J connectivity index is 1.83. The van der Waals surface area contributed by atoms with Gasteiger partial charge in [-0.3, -0.25) is 9.59 Å². The average molecular weight is 290 g/mol. The van der Waals surface area contributed by atoms with E-state index in [1.54, 1.807) is 0 Å². The van der Waals surface area contributed by atoms with Gasteiger partial charge in [0.05, 0.1) is 11.8 Å². The van der Waals surface area contributed by atoms with Crippen molar-refractivity contribution in [3.05, 3.63) is 24.3 Å². The van der Waals surface area contributed by atoms with Crippen LogP contribution in [0.2, 0.25) is 0 Å². The summed E-state index contributed by atoms with van der Waals surface area (Å²) in [5, 5.41) is 0. The Morgan fingerprint density at radius 3 is 1.57 bits per heavy atom. The van der Waals surface area contributed by atoms with E-state index in [1.165, 1.54) is 0 Å². The molecule has 0 amide bonds. The number of ether oxygens (including phenoxy) is 1. The molecule has 116 valence electrons. The molecule has 21 heavy (non-hydrogen) atoms. The summed E-state index contributed by atoms with van der Waals surface area (Å²) in [4.78, 5) is 24.4. The van der Waals surface area contributed by atoms with Gasteiger partial charge in [0, 0.05) is 0 Å². The van der Waals surface area contributed by atoms with E-state index in [2.05, 4.69) is 24.3 Å². The standard InChI is InChI=1S/C18H26O3/c19-17(15-11-7-3-1-4-8-12-15)21-18(20)16-13-9-5-2-6-10-14-16/h1-3,5,15-16H,4,6-14H2/b3-1-,5-2-. The smallest absolute Gasteiger partial charge is 0.316 e. The summed E-state index contributed by atoms with van der Waals surface area (Å²) in [7, 11) is 0. The van der Waals surface area contributed by atoms with E-state index in [0.29, 0.717) is 0 Å². The fourth-order valence-corrected chi connectivity index (χ4v) is 3.06. The van der Waals surface area contributed by atoms with Gasteiger partial charge in [0.15, 0.2) is 0 Å². The molecule has 0 aromatic carbocycles. The van der Waals surface area contributed by atoms with Crippen molar-refractivity contribution in [2.75, 3.05) is 0 Å². The molecule has 2 aliphatic carbocycles. The molecule has 3 nitrogen and oxygen atoms in total. The molecule has 0 aromatic rings. The monoisotopic (exact) mass is 290 g/mol. The molecule has 0 saturated carbocycles. The zero-order valence-corrected chi connectivity index (χ0v) is 12.8. The van der Waals surface area contributed by atoms with Crippen LogP contribution in [0, 0.1) is 11.8 Å². The summed E-state index contributed by atoms with van der Waals surface area (Å²) in [6.07, 6.45) is 17.7. The molecule has 0 fully saturated rings. The van der Waals surface area contributed by atoms with E-state index in [9.17, 15) is 9.59 Å². The normalized spacial score (nSPS) is 30.1. The highest BCUT2D eigenvalue weighted by molar-refractivity contribution is 5.87. The third kappa shape index (κ3) is 5.49. The molecule has 0 aromatic heterocycles. The predicted molar refractivity (Wildman–Crippen MR) is 82.5 cm³/mol. The first kappa shape index (κ1) is 16.0. The molecule has 0 N–H and O–H groups in total. The Kier molecular flexibility index (Phi) is 6.71. The lowest BCUT2D eigenvalue weighted by Crippen LogP contribution is -2.26. The number of carbonyl (C=O) groups excluding carboxylic acids is 2. The Morgan fingerprint density at radius 2 is 1.10 bits per heavy atom. The maximum absolute atomic E-state index is 12.2. The molecule has 3 heteroatoms. The number of allylic oxidation sites excluding steroid dienone is 4. The van der Waals surface area contributed by atoms with Crippen molar-refractivity contribution in [3.8, 4) is 0 Å². The number of carbonyl (C=O) groups is 2. The van der Waals surface area contributed by atoms with Gasteiger partial charge in [-0.1, -0.05) is 24.3 Å². The lowest BCUT2D eigenvalue weighted by molar-refractivity contribution is -0.166. The van der Waals surface area contributed by atoms with E-state index >= 15 is 0 Å². The Morgan fingerprint density at radius 1 is 0.667 bits per heavy atom. The Hall–Kier alpha value is -1.38. The highest BCUT2D eigenvalue weighted by Crippen LogP contribution is 2.23. The zero-order chi connectivity index (χ0) is 14.9. The van der Waals surface area contributed by atoms with Crippen LogP contribution < -0.4 is 0 Å². The van der Waals surface area contributed by atoms with Crippen LogP contribution in [0.15, 0.2) is 24.3 Å². The summed E-state index contributed by atoms with van der Waals surface area (Å²) in [5.41, 5.74) is 0. The maximum atomic E-state index is 12.2. The largest absolute Gasteiger partial charge is 0.393 e. The summed E-state index contributed by atoms with van der Waals surface area (Å²) in [5.74, 6) is -0.805. The van der Waals surface area contributed by atoms with Crippen LogP contribution in [-0.2, 0) is 14.3 Å². The predicted octanol–water partition coefficient (Wildman–Crippen LogP) is 4.33. The Labute approximate surface area is 127 Å². The van der Waals surface area contributed by atoms with Crippen LogP contribution in [0.4, 0.5) is 0 Å². The minimum absolute atomic E-state index is 0.104. The first-order valence-corrected chi connectivity index (χ1v) is 8.33.